The molecule has 0 radical (unpaired) electrons. The van der Waals surface area contributed by atoms with Crippen LogP contribution in [0.4, 0.5) is 0 Å². The van der Waals surface area contributed by atoms with Gasteiger partial charge in [0.25, 0.3) is 0 Å². The van der Waals surface area contributed by atoms with Crippen molar-refractivity contribution >= 4 is 23.7 Å². The summed E-state index contributed by atoms with van der Waals surface area (Å²) in [5.74, 6) is -2.37. The summed E-state index contributed by atoms with van der Waals surface area (Å²) < 4.78 is 11.4. The standard InChI is InChI=1S/C21H33N5O9/c1-11(27)25-14(7-13-8-22-10-24-13)20(33)23-9-15-18(31)19(32)17(26-12(2)28)21(35-15)34-6-4-3-5-16(29)30/h8,10,14-15,17-19,21,31-32H,3-7,9H2,1-2H3,(H,22,24)(H,23,33)(H,25,27)(H,26,28)(H,29,30)/t14-,15?,17?,18?,19?,21?/m1/s1. The Morgan fingerprint density at radius 2 is 1.91 bits per heavy atom. The lowest BCUT2D eigenvalue weighted by molar-refractivity contribution is -0.263. The van der Waals surface area contributed by atoms with E-state index in [-0.39, 0.29) is 26.0 Å². The van der Waals surface area contributed by atoms with Gasteiger partial charge in [0, 0.05) is 51.7 Å². The Balaban J connectivity index is 2.00. The van der Waals surface area contributed by atoms with Gasteiger partial charge in [-0.15, -0.1) is 0 Å². The van der Waals surface area contributed by atoms with Crippen LogP contribution in [-0.2, 0) is 35.1 Å². The van der Waals surface area contributed by atoms with Crippen molar-refractivity contribution in [2.24, 2.45) is 0 Å². The molecule has 2 heterocycles. The first kappa shape index (κ1) is 28.2. The SMILES string of the molecule is CC(=O)NC1C(OCCCCC(=O)O)OC(CNC(=O)[C@@H](Cc2cnc[nH]2)NC(C)=O)C(O)C1O. The number of ether oxygens (including phenoxy) is 2. The molecule has 0 bridgehead atoms. The number of hydrogen-bond donors (Lipinski definition) is 7. The fraction of sp³-hybridized carbons (Fsp3) is 0.667. The number of carbonyl (C=O) groups excluding carboxylic acids is 3. The Kier molecular flexibility index (Phi) is 11.0. The highest BCUT2D eigenvalue weighted by Gasteiger charge is 2.45. The molecule has 5 unspecified atom stereocenters. The minimum Gasteiger partial charge on any atom is -0.481 e. The van der Waals surface area contributed by atoms with Crippen LogP contribution < -0.4 is 16.0 Å². The first-order valence-corrected chi connectivity index (χ1v) is 11.2. The van der Waals surface area contributed by atoms with Gasteiger partial charge in [-0.3, -0.25) is 19.2 Å². The van der Waals surface area contributed by atoms with Gasteiger partial charge in [-0.2, -0.15) is 0 Å². The number of carboxylic acid groups (broad SMARTS) is 1. The maximum atomic E-state index is 12.7. The Morgan fingerprint density at radius 1 is 1.17 bits per heavy atom. The average Bonchev–Trinajstić information content (AvgIpc) is 3.29. The maximum absolute atomic E-state index is 12.7. The molecule has 1 aromatic rings. The van der Waals surface area contributed by atoms with Crippen molar-refractivity contribution in [3.8, 4) is 0 Å². The first-order valence-electron chi connectivity index (χ1n) is 11.2. The summed E-state index contributed by atoms with van der Waals surface area (Å²) in [7, 11) is 0. The van der Waals surface area contributed by atoms with Gasteiger partial charge in [0.1, 0.15) is 30.4 Å². The number of unbranched alkanes of at least 4 members (excludes halogenated alkanes) is 1. The van der Waals surface area contributed by atoms with Crippen LogP contribution in [-0.4, -0.2) is 98.8 Å². The highest BCUT2D eigenvalue weighted by atomic mass is 16.7. The van der Waals surface area contributed by atoms with E-state index in [9.17, 15) is 29.4 Å². The number of carbonyl (C=O) groups is 4. The van der Waals surface area contributed by atoms with Crippen molar-refractivity contribution in [3.63, 3.8) is 0 Å². The van der Waals surface area contributed by atoms with Crippen molar-refractivity contribution in [1.29, 1.82) is 0 Å². The van der Waals surface area contributed by atoms with E-state index in [1.54, 1.807) is 0 Å². The van der Waals surface area contributed by atoms with Crippen LogP contribution >= 0.6 is 0 Å². The van der Waals surface area contributed by atoms with Crippen molar-refractivity contribution in [3.05, 3.63) is 18.2 Å². The molecule has 0 aromatic carbocycles. The lowest BCUT2D eigenvalue weighted by atomic mass is 9.96. The predicted octanol–water partition coefficient (Wildman–Crippen LogP) is -2.20. The van der Waals surface area contributed by atoms with E-state index in [0.717, 1.165) is 0 Å². The minimum atomic E-state index is -1.47. The molecule has 1 aliphatic rings. The van der Waals surface area contributed by atoms with Crippen molar-refractivity contribution in [1.82, 2.24) is 25.9 Å². The van der Waals surface area contributed by atoms with Crippen molar-refractivity contribution in [2.75, 3.05) is 13.2 Å². The van der Waals surface area contributed by atoms with Crippen LogP contribution in [0.1, 0.15) is 38.8 Å². The number of rotatable bonds is 13. The highest BCUT2D eigenvalue weighted by Crippen LogP contribution is 2.22. The van der Waals surface area contributed by atoms with Gasteiger partial charge >= 0.3 is 5.97 Å². The third-order valence-electron chi connectivity index (χ3n) is 5.29. The number of aromatic amines is 1. The summed E-state index contributed by atoms with van der Waals surface area (Å²) in [5.41, 5.74) is 0.623. The average molecular weight is 500 g/mol. The number of nitrogens with zero attached hydrogens (tertiary/aromatic N) is 1. The number of aliphatic hydroxyl groups excluding tert-OH is 2. The second kappa shape index (κ2) is 13.7. The summed E-state index contributed by atoms with van der Waals surface area (Å²) in [6.07, 6.45) is -1.34. The fourth-order valence-electron chi connectivity index (χ4n) is 3.60. The zero-order valence-electron chi connectivity index (χ0n) is 19.6. The summed E-state index contributed by atoms with van der Waals surface area (Å²) >= 11 is 0. The van der Waals surface area contributed by atoms with Crippen molar-refractivity contribution < 1.29 is 44.0 Å². The van der Waals surface area contributed by atoms with E-state index in [1.165, 1.54) is 26.4 Å². The molecule has 0 saturated carbocycles. The number of carboxylic acids is 1. The molecule has 196 valence electrons. The molecule has 35 heavy (non-hydrogen) atoms. The number of aliphatic hydroxyl groups is 2. The van der Waals surface area contributed by atoms with Crippen molar-refractivity contribution in [2.45, 2.75) is 76.2 Å². The molecule has 3 amide bonds. The Hall–Kier alpha value is -3.07. The monoisotopic (exact) mass is 499 g/mol. The molecule has 0 spiro atoms. The first-order chi connectivity index (χ1) is 16.6. The summed E-state index contributed by atoms with van der Waals surface area (Å²) in [5, 5.41) is 37.5. The molecule has 1 fully saturated rings. The van der Waals surface area contributed by atoms with Gasteiger partial charge in [0.05, 0.1) is 6.33 Å². The quantitative estimate of drug-likeness (QED) is 0.145. The van der Waals surface area contributed by atoms with Crippen LogP contribution in [0.2, 0.25) is 0 Å². The Labute approximate surface area is 201 Å². The van der Waals surface area contributed by atoms with Gasteiger partial charge in [-0.05, 0) is 12.8 Å². The molecule has 0 aliphatic carbocycles. The number of H-pyrrole nitrogens is 1. The predicted molar refractivity (Wildman–Crippen MR) is 119 cm³/mol. The second-order valence-electron chi connectivity index (χ2n) is 8.25. The van der Waals surface area contributed by atoms with Gasteiger partial charge in [0.2, 0.25) is 17.7 Å². The molecule has 14 nitrogen and oxygen atoms in total. The van der Waals surface area contributed by atoms with E-state index in [2.05, 4.69) is 25.9 Å². The molecule has 14 heteroatoms. The molecule has 1 aromatic heterocycles. The highest BCUT2D eigenvalue weighted by molar-refractivity contribution is 5.87. The summed E-state index contributed by atoms with van der Waals surface area (Å²) in [6.45, 7) is 2.38. The molecular formula is C21H33N5O9. The number of nitrogens with one attached hydrogen (secondary N) is 4. The second-order valence-corrected chi connectivity index (χ2v) is 8.25. The van der Waals surface area contributed by atoms with Crippen LogP contribution in [0.3, 0.4) is 0 Å². The number of imidazole rings is 1. The Morgan fingerprint density at radius 3 is 2.51 bits per heavy atom. The third-order valence-corrected chi connectivity index (χ3v) is 5.29. The number of aromatic nitrogens is 2. The van der Waals surface area contributed by atoms with Gasteiger partial charge in [0.15, 0.2) is 6.29 Å². The van der Waals surface area contributed by atoms with Crippen LogP contribution in [0.25, 0.3) is 0 Å². The van der Waals surface area contributed by atoms with Crippen LogP contribution in [0.15, 0.2) is 12.5 Å². The zero-order valence-corrected chi connectivity index (χ0v) is 19.6. The maximum Gasteiger partial charge on any atom is 0.303 e. The normalized spacial score (nSPS) is 24.9. The zero-order chi connectivity index (χ0) is 26.0. The van der Waals surface area contributed by atoms with E-state index in [0.29, 0.717) is 18.5 Å². The molecule has 1 aliphatic heterocycles. The topological polar surface area (TPSA) is 212 Å². The van der Waals surface area contributed by atoms with E-state index in [1.807, 2.05) is 0 Å². The third kappa shape index (κ3) is 9.24. The van der Waals surface area contributed by atoms with Gasteiger partial charge < -0.3 is 45.7 Å². The molecular weight excluding hydrogens is 466 g/mol. The molecule has 7 N–H and O–H groups in total. The lowest BCUT2D eigenvalue weighted by Gasteiger charge is -2.42. The van der Waals surface area contributed by atoms with Gasteiger partial charge in [-0.25, -0.2) is 4.98 Å². The lowest BCUT2D eigenvalue weighted by Crippen LogP contribution is -2.65. The Bertz CT molecular complexity index is 850. The molecule has 2 rings (SSSR count). The van der Waals surface area contributed by atoms with E-state index >= 15 is 0 Å². The van der Waals surface area contributed by atoms with Crippen LogP contribution in [0.5, 0.6) is 0 Å². The molecule has 6 atom stereocenters. The fourth-order valence-corrected chi connectivity index (χ4v) is 3.60. The van der Waals surface area contributed by atoms with Crippen LogP contribution in [0, 0.1) is 0 Å². The minimum absolute atomic E-state index is 0.0337. The van der Waals surface area contributed by atoms with E-state index in [4.69, 9.17) is 14.6 Å². The molecule has 1 saturated heterocycles. The van der Waals surface area contributed by atoms with Gasteiger partial charge in [-0.1, -0.05) is 0 Å². The smallest absolute Gasteiger partial charge is 0.303 e. The summed E-state index contributed by atoms with van der Waals surface area (Å²) in [6, 6.07) is -2.01. The largest absolute Gasteiger partial charge is 0.481 e. The summed E-state index contributed by atoms with van der Waals surface area (Å²) in [4.78, 5) is 53.2. The van der Waals surface area contributed by atoms with E-state index < -0.39 is 60.4 Å². The number of amides is 3. The number of aliphatic carboxylic acids is 1. The number of hydrogen-bond acceptors (Lipinski definition) is 9.